The maximum absolute atomic E-state index is 12.8. The summed E-state index contributed by atoms with van der Waals surface area (Å²) < 4.78 is 53.8. The summed E-state index contributed by atoms with van der Waals surface area (Å²) in [5.41, 5.74) is 3.82. The monoisotopic (exact) mass is 511 g/mol. The molecule has 1 aliphatic rings. The van der Waals surface area contributed by atoms with Gasteiger partial charge in [0, 0.05) is 16.8 Å². The summed E-state index contributed by atoms with van der Waals surface area (Å²) in [4.78, 5) is 4.53. The van der Waals surface area contributed by atoms with Gasteiger partial charge in [0.2, 0.25) is 16.0 Å². The number of hydrogen-bond donors (Lipinski definition) is 2. The summed E-state index contributed by atoms with van der Waals surface area (Å²) in [5, 5.41) is 7.73. The van der Waals surface area contributed by atoms with Gasteiger partial charge in [0.25, 0.3) is 0 Å². The molecule has 2 aromatic carbocycles. The van der Waals surface area contributed by atoms with E-state index in [0.29, 0.717) is 22.9 Å². The van der Waals surface area contributed by atoms with Gasteiger partial charge in [-0.2, -0.15) is 0 Å². The minimum atomic E-state index is -3.69. The average molecular weight is 512 g/mol. The molecular formula is C24H25N5O4S2. The van der Waals surface area contributed by atoms with Crippen molar-refractivity contribution in [3.05, 3.63) is 71.9 Å². The van der Waals surface area contributed by atoms with Crippen LogP contribution in [0.3, 0.4) is 0 Å². The zero-order valence-corrected chi connectivity index (χ0v) is 21.1. The number of fused-ring (bicyclic) bond motifs is 2. The molecule has 5 rings (SSSR count). The highest BCUT2D eigenvalue weighted by atomic mass is 32.2. The molecule has 0 atom stereocenters. The van der Waals surface area contributed by atoms with Gasteiger partial charge in [-0.1, -0.05) is 18.2 Å². The summed E-state index contributed by atoms with van der Waals surface area (Å²) >= 11 is 0. The first-order chi connectivity index (χ1) is 16.4. The topological polar surface area (TPSA) is 123 Å². The van der Waals surface area contributed by atoms with Crippen molar-refractivity contribution in [2.75, 3.05) is 5.32 Å². The standard InChI is InChI=1S/C24H25N5O4S2/c1-24(2,3)28-35(32,33)21-6-4-5-16(12-21)22-10-9-20-13-25-23(27-29(20)22)26-19-8-7-17-14-34(30,31)15-18(17)11-19/h4-13,28H,14-15H2,1-3H3,(H,26,27). The second kappa shape index (κ2) is 8.14. The summed E-state index contributed by atoms with van der Waals surface area (Å²) in [5.74, 6) is 0.426. The molecular weight excluding hydrogens is 486 g/mol. The Labute approximate surface area is 204 Å². The van der Waals surface area contributed by atoms with Crippen LogP contribution in [-0.2, 0) is 31.4 Å². The van der Waals surface area contributed by atoms with Crippen molar-refractivity contribution in [3.63, 3.8) is 0 Å². The van der Waals surface area contributed by atoms with Gasteiger partial charge < -0.3 is 5.32 Å². The van der Waals surface area contributed by atoms with Crippen LogP contribution >= 0.6 is 0 Å². The van der Waals surface area contributed by atoms with Crippen molar-refractivity contribution >= 4 is 37.0 Å². The maximum atomic E-state index is 12.8. The molecule has 0 bridgehead atoms. The Balaban J connectivity index is 1.47. The van der Waals surface area contributed by atoms with E-state index >= 15 is 0 Å². The van der Waals surface area contributed by atoms with Crippen LogP contribution in [0.4, 0.5) is 11.6 Å². The quantitative estimate of drug-likeness (QED) is 0.419. The Morgan fingerprint density at radius 2 is 1.74 bits per heavy atom. The Morgan fingerprint density at radius 3 is 2.51 bits per heavy atom. The van der Waals surface area contributed by atoms with E-state index in [4.69, 9.17) is 0 Å². The second-order valence-corrected chi connectivity index (χ2v) is 13.4. The Hall–Kier alpha value is -3.28. The predicted octanol–water partition coefficient (Wildman–Crippen LogP) is 3.65. The van der Waals surface area contributed by atoms with E-state index in [1.165, 1.54) is 0 Å². The molecule has 0 unspecified atom stereocenters. The first kappa shape index (κ1) is 23.5. The highest BCUT2D eigenvalue weighted by Gasteiger charge is 2.25. The Bertz CT molecular complexity index is 1670. The van der Waals surface area contributed by atoms with Crippen LogP contribution in [0.5, 0.6) is 0 Å². The lowest BCUT2D eigenvalue weighted by Gasteiger charge is -2.20. The fraction of sp³-hybridized carbons (Fsp3) is 0.250. The molecule has 0 saturated carbocycles. The molecule has 35 heavy (non-hydrogen) atoms. The van der Waals surface area contributed by atoms with Crippen molar-refractivity contribution in [2.24, 2.45) is 0 Å². The molecule has 0 saturated heterocycles. The normalized spacial score (nSPS) is 15.3. The molecule has 4 aromatic rings. The fourth-order valence-corrected chi connectivity index (χ4v) is 7.16. The smallest absolute Gasteiger partial charge is 0.245 e. The molecule has 11 heteroatoms. The fourth-order valence-electron chi connectivity index (χ4n) is 4.09. The number of aromatic nitrogens is 3. The van der Waals surface area contributed by atoms with Crippen molar-refractivity contribution in [3.8, 4) is 11.3 Å². The summed E-state index contributed by atoms with van der Waals surface area (Å²) in [6.07, 6.45) is 1.67. The molecule has 0 radical (unpaired) electrons. The lowest BCUT2D eigenvalue weighted by Crippen LogP contribution is -2.40. The van der Waals surface area contributed by atoms with Gasteiger partial charge in [-0.25, -0.2) is 31.1 Å². The number of hydrogen-bond acceptors (Lipinski definition) is 7. The molecule has 0 amide bonds. The zero-order chi connectivity index (χ0) is 25.0. The van der Waals surface area contributed by atoms with Crippen LogP contribution in [0.1, 0.15) is 31.9 Å². The Kier molecular flexibility index (Phi) is 5.46. The third-order valence-electron chi connectivity index (χ3n) is 5.49. The van der Waals surface area contributed by atoms with Crippen LogP contribution in [-0.4, -0.2) is 37.0 Å². The van der Waals surface area contributed by atoms with Crippen LogP contribution < -0.4 is 10.0 Å². The number of sulfonamides is 1. The molecule has 0 aliphatic carbocycles. The second-order valence-electron chi connectivity index (χ2n) is 9.66. The van der Waals surface area contributed by atoms with Gasteiger partial charge in [-0.3, -0.25) is 0 Å². The first-order valence-corrected chi connectivity index (χ1v) is 14.3. The number of rotatable bonds is 5. The van der Waals surface area contributed by atoms with Crippen LogP contribution in [0.2, 0.25) is 0 Å². The van der Waals surface area contributed by atoms with E-state index < -0.39 is 25.4 Å². The number of sulfone groups is 1. The number of anilines is 2. The van der Waals surface area contributed by atoms with Crippen LogP contribution in [0.25, 0.3) is 16.8 Å². The highest BCUT2D eigenvalue weighted by molar-refractivity contribution is 7.90. The summed E-state index contributed by atoms with van der Waals surface area (Å²) in [6, 6.07) is 15.8. The number of nitrogens with one attached hydrogen (secondary N) is 2. The van der Waals surface area contributed by atoms with Crippen molar-refractivity contribution in [2.45, 2.75) is 42.7 Å². The van der Waals surface area contributed by atoms with Gasteiger partial charge in [0.05, 0.1) is 33.8 Å². The molecule has 0 fully saturated rings. The van der Waals surface area contributed by atoms with Gasteiger partial charge in [-0.05, 0) is 68.3 Å². The van der Waals surface area contributed by atoms with E-state index in [1.54, 1.807) is 67.9 Å². The van der Waals surface area contributed by atoms with Crippen molar-refractivity contribution in [1.29, 1.82) is 0 Å². The molecule has 1 aliphatic heterocycles. The summed E-state index contributed by atoms with van der Waals surface area (Å²) in [6.45, 7) is 5.38. The third kappa shape index (κ3) is 4.93. The number of nitrogens with zero attached hydrogens (tertiary/aromatic N) is 3. The molecule has 0 spiro atoms. The van der Waals surface area contributed by atoms with E-state index in [2.05, 4.69) is 20.1 Å². The van der Waals surface area contributed by atoms with Crippen LogP contribution in [0, 0.1) is 0 Å². The average Bonchev–Trinajstić information content (AvgIpc) is 3.30. The Morgan fingerprint density at radius 1 is 0.971 bits per heavy atom. The molecule has 2 N–H and O–H groups in total. The minimum absolute atomic E-state index is 0.0306. The van der Waals surface area contributed by atoms with Crippen molar-refractivity contribution in [1.82, 2.24) is 19.3 Å². The molecule has 3 heterocycles. The van der Waals surface area contributed by atoms with Gasteiger partial charge in [0.15, 0.2) is 9.84 Å². The zero-order valence-electron chi connectivity index (χ0n) is 19.5. The summed E-state index contributed by atoms with van der Waals surface area (Å²) in [7, 11) is -6.78. The lowest BCUT2D eigenvalue weighted by atomic mass is 10.1. The SMILES string of the molecule is CC(C)(C)NS(=O)(=O)c1cccc(-c2ccc3cnc(Nc4ccc5c(c4)CS(=O)(=O)C5)nn23)c1. The molecule has 182 valence electrons. The molecule has 2 aromatic heterocycles. The van der Waals surface area contributed by atoms with E-state index in [1.807, 2.05) is 18.2 Å². The van der Waals surface area contributed by atoms with Gasteiger partial charge >= 0.3 is 0 Å². The molecule has 9 nitrogen and oxygen atoms in total. The third-order valence-corrected chi connectivity index (χ3v) is 8.75. The van der Waals surface area contributed by atoms with Gasteiger partial charge in [-0.15, -0.1) is 5.10 Å². The minimum Gasteiger partial charge on any atom is -0.323 e. The van der Waals surface area contributed by atoms with Gasteiger partial charge in [0.1, 0.15) is 0 Å². The first-order valence-electron chi connectivity index (χ1n) is 11.0. The van der Waals surface area contributed by atoms with E-state index in [9.17, 15) is 16.8 Å². The lowest BCUT2D eigenvalue weighted by molar-refractivity contribution is 0.491. The maximum Gasteiger partial charge on any atom is 0.245 e. The number of benzene rings is 2. The highest BCUT2D eigenvalue weighted by Crippen LogP contribution is 2.29. The predicted molar refractivity (Wildman–Crippen MR) is 135 cm³/mol. The van der Waals surface area contributed by atoms with E-state index in [0.717, 1.165) is 16.6 Å². The largest absolute Gasteiger partial charge is 0.323 e. The van der Waals surface area contributed by atoms with E-state index in [-0.39, 0.29) is 16.4 Å². The van der Waals surface area contributed by atoms with Crippen molar-refractivity contribution < 1.29 is 16.8 Å². The van der Waals surface area contributed by atoms with Crippen LogP contribution in [0.15, 0.2) is 65.7 Å².